The minimum atomic E-state index is -0.567. The zero-order valence-electron chi connectivity index (χ0n) is 8.39. The van der Waals surface area contributed by atoms with Crippen molar-refractivity contribution in [3.8, 4) is 0 Å². The van der Waals surface area contributed by atoms with Crippen LogP contribution in [-0.4, -0.2) is 37.7 Å². The van der Waals surface area contributed by atoms with Gasteiger partial charge in [0.1, 0.15) is 6.33 Å². The number of nitrogens with two attached hydrogens (primary N) is 1. The fourth-order valence-corrected chi connectivity index (χ4v) is 1.90. The highest BCUT2D eigenvalue weighted by Gasteiger charge is 2.48. The molecule has 0 radical (unpaired) electrons. The number of nitrogens with zero attached hydrogens (tertiary/aromatic N) is 4. The highest BCUT2D eigenvalue weighted by atomic mass is 16.2. The maximum atomic E-state index is 12.0. The van der Waals surface area contributed by atoms with E-state index in [9.17, 15) is 4.79 Å². The van der Waals surface area contributed by atoms with E-state index in [1.807, 2.05) is 4.57 Å². The zero-order valence-corrected chi connectivity index (χ0v) is 8.39. The van der Waals surface area contributed by atoms with Gasteiger partial charge in [-0.05, 0) is 12.8 Å². The molecule has 1 aromatic heterocycles. The molecule has 2 heterocycles. The minimum absolute atomic E-state index is 0.0664. The standard InChI is InChI=1S/C9H13N5O/c10-9(1-2-9)8(15)13-3-4-14-6-11-12-7(14)5-13/h6H,1-5,10H2. The van der Waals surface area contributed by atoms with Gasteiger partial charge in [0.15, 0.2) is 5.82 Å². The van der Waals surface area contributed by atoms with Gasteiger partial charge < -0.3 is 15.2 Å². The second-order valence-corrected chi connectivity index (χ2v) is 4.32. The molecular weight excluding hydrogens is 194 g/mol. The van der Waals surface area contributed by atoms with Crippen LogP contribution >= 0.6 is 0 Å². The van der Waals surface area contributed by atoms with Crippen molar-refractivity contribution < 1.29 is 4.79 Å². The van der Waals surface area contributed by atoms with Gasteiger partial charge in [-0.3, -0.25) is 4.79 Å². The molecule has 6 heteroatoms. The Morgan fingerprint density at radius 3 is 3.00 bits per heavy atom. The van der Waals surface area contributed by atoms with Crippen LogP contribution in [0, 0.1) is 0 Å². The molecule has 1 fully saturated rings. The first-order valence-electron chi connectivity index (χ1n) is 5.14. The van der Waals surface area contributed by atoms with Gasteiger partial charge in [0.05, 0.1) is 12.1 Å². The van der Waals surface area contributed by atoms with Crippen molar-refractivity contribution >= 4 is 5.91 Å². The van der Waals surface area contributed by atoms with E-state index in [1.54, 1.807) is 11.2 Å². The summed E-state index contributed by atoms with van der Waals surface area (Å²) in [6.07, 6.45) is 3.33. The van der Waals surface area contributed by atoms with Crippen LogP contribution in [0.2, 0.25) is 0 Å². The van der Waals surface area contributed by atoms with Crippen LogP contribution in [0.3, 0.4) is 0 Å². The number of carbonyl (C=O) groups excluding carboxylic acids is 1. The Morgan fingerprint density at radius 2 is 2.27 bits per heavy atom. The van der Waals surface area contributed by atoms with Crippen LogP contribution in [0.4, 0.5) is 0 Å². The first-order chi connectivity index (χ1) is 7.19. The monoisotopic (exact) mass is 207 g/mol. The quantitative estimate of drug-likeness (QED) is 0.648. The number of aromatic nitrogens is 3. The van der Waals surface area contributed by atoms with Crippen molar-refractivity contribution in [2.75, 3.05) is 6.54 Å². The van der Waals surface area contributed by atoms with Crippen LogP contribution in [0.5, 0.6) is 0 Å². The Morgan fingerprint density at radius 1 is 1.47 bits per heavy atom. The van der Waals surface area contributed by atoms with Crippen molar-refractivity contribution in [2.24, 2.45) is 5.73 Å². The molecule has 2 aliphatic rings. The molecule has 0 bridgehead atoms. The molecule has 0 aromatic carbocycles. The molecule has 80 valence electrons. The molecule has 1 saturated carbocycles. The Balaban J connectivity index is 1.78. The second-order valence-electron chi connectivity index (χ2n) is 4.32. The molecule has 3 rings (SSSR count). The highest BCUT2D eigenvalue weighted by molar-refractivity contribution is 5.89. The van der Waals surface area contributed by atoms with Crippen molar-refractivity contribution in [3.05, 3.63) is 12.2 Å². The molecule has 6 nitrogen and oxygen atoms in total. The van der Waals surface area contributed by atoms with E-state index in [0.717, 1.165) is 25.2 Å². The first kappa shape index (κ1) is 8.84. The summed E-state index contributed by atoms with van der Waals surface area (Å²) in [6, 6.07) is 0. The average Bonchev–Trinajstić information content (AvgIpc) is 2.82. The summed E-state index contributed by atoms with van der Waals surface area (Å²) in [5.41, 5.74) is 5.31. The molecule has 1 aliphatic carbocycles. The fraction of sp³-hybridized carbons (Fsp3) is 0.667. The van der Waals surface area contributed by atoms with E-state index in [4.69, 9.17) is 5.73 Å². The molecule has 0 atom stereocenters. The van der Waals surface area contributed by atoms with E-state index in [2.05, 4.69) is 10.2 Å². The normalized spacial score (nSPS) is 22.3. The van der Waals surface area contributed by atoms with Crippen molar-refractivity contribution in [1.29, 1.82) is 0 Å². The van der Waals surface area contributed by atoms with Crippen molar-refractivity contribution in [3.63, 3.8) is 0 Å². The Kier molecular flexibility index (Phi) is 1.64. The third-order valence-corrected chi connectivity index (χ3v) is 3.14. The number of fused-ring (bicyclic) bond motifs is 1. The summed E-state index contributed by atoms with van der Waals surface area (Å²) in [6.45, 7) is 2.02. The van der Waals surface area contributed by atoms with Gasteiger partial charge in [-0.2, -0.15) is 0 Å². The van der Waals surface area contributed by atoms with Crippen LogP contribution in [0.1, 0.15) is 18.7 Å². The predicted octanol–water partition coefficient (Wildman–Crippen LogP) is -0.888. The van der Waals surface area contributed by atoms with E-state index in [0.29, 0.717) is 13.1 Å². The fourth-order valence-electron chi connectivity index (χ4n) is 1.90. The van der Waals surface area contributed by atoms with Gasteiger partial charge in [0.2, 0.25) is 5.91 Å². The minimum Gasteiger partial charge on any atom is -0.332 e. The summed E-state index contributed by atoms with van der Waals surface area (Å²) >= 11 is 0. The van der Waals surface area contributed by atoms with Gasteiger partial charge in [-0.25, -0.2) is 0 Å². The molecule has 15 heavy (non-hydrogen) atoms. The van der Waals surface area contributed by atoms with Gasteiger partial charge >= 0.3 is 0 Å². The first-order valence-corrected chi connectivity index (χ1v) is 5.14. The summed E-state index contributed by atoms with van der Waals surface area (Å²) in [4.78, 5) is 13.7. The predicted molar refractivity (Wildman–Crippen MR) is 51.6 cm³/mol. The summed E-state index contributed by atoms with van der Waals surface area (Å²) in [7, 11) is 0. The molecular formula is C9H13N5O. The lowest BCUT2D eigenvalue weighted by atomic mass is 10.2. The van der Waals surface area contributed by atoms with Gasteiger partial charge in [-0.1, -0.05) is 0 Å². The third kappa shape index (κ3) is 1.32. The molecule has 1 amide bonds. The Bertz CT molecular complexity index is 408. The van der Waals surface area contributed by atoms with Crippen LogP contribution < -0.4 is 5.73 Å². The number of hydrogen-bond acceptors (Lipinski definition) is 4. The van der Waals surface area contributed by atoms with Crippen LogP contribution in [0.25, 0.3) is 0 Å². The van der Waals surface area contributed by atoms with Crippen LogP contribution in [-0.2, 0) is 17.9 Å². The number of hydrogen-bond donors (Lipinski definition) is 1. The maximum Gasteiger partial charge on any atom is 0.243 e. The summed E-state index contributed by atoms with van der Waals surface area (Å²) in [5.74, 6) is 0.913. The third-order valence-electron chi connectivity index (χ3n) is 3.14. The molecule has 0 saturated heterocycles. The van der Waals surface area contributed by atoms with E-state index in [1.165, 1.54) is 0 Å². The highest BCUT2D eigenvalue weighted by Crippen LogP contribution is 2.34. The number of rotatable bonds is 1. The number of carbonyl (C=O) groups is 1. The summed E-state index contributed by atoms with van der Waals surface area (Å²) in [5, 5.41) is 7.79. The molecule has 0 unspecified atom stereocenters. The summed E-state index contributed by atoms with van der Waals surface area (Å²) < 4.78 is 1.97. The molecule has 2 N–H and O–H groups in total. The SMILES string of the molecule is NC1(C(=O)N2CCn3cnnc3C2)CC1. The zero-order chi connectivity index (χ0) is 10.5. The van der Waals surface area contributed by atoms with Crippen molar-refractivity contribution in [1.82, 2.24) is 19.7 Å². The van der Waals surface area contributed by atoms with E-state index in [-0.39, 0.29) is 5.91 Å². The molecule has 0 spiro atoms. The maximum absolute atomic E-state index is 12.0. The Labute approximate surface area is 87.1 Å². The second kappa shape index (κ2) is 2.79. The number of amides is 1. The lowest BCUT2D eigenvalue weighted by Crippen LogP contribution is -2.48. The topological polar surface area (TPSA) is 77.0 Å². The van der Waals surface area contributed by atoms with Gasteiger partial charge in [0, 0.05) is 13.1 Å². The lowest BCUT2D eigenvalue weighted by Gasteiger charge is -2.29. The average molecular weight is 207 g/mol. The van der Waals surface area contributed by atoms with Gasteiger partial charge in [0.25, 0.3) is 0 Å². The molecule has 1 aromatic rings. The molecule has 1 aliphatic heterocycles. The van der Waals surface area contributed by atoms with E-state index >= 15 is 0 Å². The Hall–Kier alpha value is -1.43. The van der Waals surface area contributed by atoms with E-state index < -0.39 is 5.54 Å². The van der Waals surface area contributed by atoms with Gasteiger partial charge in [-0.15, -0.1) is 10.2 Å². The largest absolute Gasteiger partial charge is 0.332 e. The van der Waals surface area contributed by atoms with Crippen molar-refractivity contribution in [2.45, 2.75) is 31.5 Å². The van der Waals surface area contributed by atoms with Crippen LogP contribution in [0.15, 0.2) is 6.33 Å². The lowest BCUT2D eigenvalue weighted by molar-refractivity contribution is -0.135. The smallest absolute Gasteiger partial charge is 0.243 e.